The lowest BCUT2D eigenvalue weighted by Gasteiger charge is -2.30. The number of nitrogens with zero attached hydrogens (tertiary/aromatic N) is 2. The third-order valence-corrected chi connectivity index (χ3v) is 5.56. The Labute approximate surface area is 169 Å². The van der Waals surface area contributed by atoms with E-state index in [4.69, 9.17) is 9.47 Å². The molecule has 1 saturated heterocycles. The van der Waals surface area contributed by atoms with Gasteiger partial charge in [-0.25, -0.2) is 4.98 Å². The second-order valence-corrected chi connectivity index (χ2v) is 7.60. The van der Waals surface area contributed by atoms with Gasteiger partial charge in [0, 0.05) is 36.4 Å². The van der Waals surface area contributed by atoms with Gasteiger partial charge in [-0.1, -0.05) is 42.5 Å². The Morgan fingerprint density at radius 1 is 1.03 bits per heavy atom. The summed E-state index contributed by atoms with van der Waals surface area (Å²) in [5.74, 6) is 1.85. The van der Waals surface area contributed by atoms with E-state index in [2.05, 4.69) is 4.98 Å². The zero-order chi connectivity index (χ0) is 19.8. The summed E-state index contributed by atoms with van der Waals surface area (Å²) in [6.07, 6.45) is 2.55. The van der Waals surface area contributed by atoms with Crippen LogP contribution in [-0.2, 0) is 4.79 Å². The smallest absolute Gasteiger partial charge is 0.234 e. The molecule has 146 valence electrons. The standard InChI is InChI=1S/C24H22N2O3/c1-16-10-11-22(25-14-16)28-17-12-13-26(15-17)24(27)23-18-6-2-4-8-20(18)29-21-9-5-3-7-19(21)23/h2-11,14,17,23H,12-13,15H2,1H3. The van der Waals surface area contributed by atoms with Crippen LogP contribution in [0.25, 0.3) is 0 Å². The Hall–Kier alpha value is -3.34. The van der Waals surface area contributed by atoms with Crippen molar-refractivity contribution in [2.75, 3.05) is 13.1 Å². The van der Waals surface area contributed by atoms with Crippen LogP contribution in [0.15, 0.2) is 66.9 Å². The highest BCUT2D eigenvalue weighted by atomic mass is 16.5. The maximum absolute atomic E-state index is 13.6. The number of likely N-dealkylation sites (tertiary alicyclic amines) is 1. The predicted molar refractivity (Wildman–Crippen MR) is 109 cm³/mol. The van der Waals surface area contributed by atoms with Gasteiger partial charge in [-0.2, -0.15) is 0 Å². The van der Waals surface area contributed by atoms with Crippen LogP contribution in [0.1, 0.15) is 29.0 Å². The van der Waals surface area contributed by atoms with Crippen LogP contribution in [0.4, 0.5) is 0 Å². The molecule has 3 heterocycles. The van der Waals surface area contributed by atoms with Crippen molar-refractivity contribution in [2.45, 2.75) is 25.4 Å². The number of para-hydroxylation sites is 2. The van der Waals surface area contributed by atoms with Crippen molar-refractivity contribution in [1.29, 1.82) is 0 Å². The fourth-order valence-corrected chi connectivity index (χ4v) is 4.08. The maximum atomic E-state index is 13.6. The summed E-state index contributed by atoms with van der Waals surface area (Å²) < 4.78 is 12.0. The average Bonchev–Trinajstić information content (AvgIpc) is 3.22. The molecule has 1 amide bonds. The number of benzene rings is 2. The maximum Gasteiger partial charge on any atom is 0.234 e. The molecule has 0 aliphatic carbocycles. The number of amides is 1. The number of hydrogen-bond acceptors (Lipinski definition) is 4. The summed E-state index contributed by atoms with van der Waals surface area (Å²) in [6.45, 7) is 3.24. The highest BCUT2D eigenvalue weighted by Gasteiger charge is 2.38. The minimum Gasteiger partial charge on any atom is -0.472 e. The molecule has 2 aliphatic heterocycles. The number of aryl methyl sites for hydroxylation is 1. The molecule has 0 N–H and O–H groups in total. The third kappa shape index (κ3) is 3.33. The van der Waals surface area contributed by atoms with E-state index in [1.165, 1.54) is 0 Å². The second-order valence-electron chi connectivity index (χ2n) is 7.60. The number of rotatable bonds is 3. The van der Waals surface area contributed by atoms with Gasteiger partial charge in [0.05, 0.1) is 12.5 Å². The summed E-state index contributed by atoms with van der Waals surface area (Å²) in [6, 6.07) is 19.4. The Morgan fingerprint density at radius 3 is 2.38 bits per heavy atom. The molecule has 0 saturated carbocycles. The first-order valence-electron chi connectivity index (χ1n) is 9.93. The van der Waals surface area contributed by atoms with E-state index in [0.29, 0.717) is 19.0 Å². The minimum atomic E-state index is -0.354. The number of carbonyl (C=O) groups is 1. The molecule has 1 aromatic heterocycles. The average molecular weight is 386 g/mol. The van der Waals surface area contributed by atoms with Crippen LogP contribution < -0.4 is 9.47 Å². The Kier molecular flexibility index (Phi) is 4.43. The normalized spacial score (nSPS) is 18.0. The monoisotopic (exact) mass is 386 g/mol. The van der Waals surface area contributed by atoms with Crippen molar-refractivity contribution in [3.63, 3.8) is 0 Å². The number of fused-ring (bicyclic) bond motifs is 2. The van der Waals surface area contributed by atoms with E-state index in [1.54, 1.807) is 6.20 Å². The van der Waals surface area contributed by atoms with Crippen LogP contribution >= 0.6 is 0 Å². The molecule has 3 aromatic rings. The lowest BCUT2D eigenvalue weighted by Crippen LogP contribution is -2.36. The number of pyridine rings is 1. The molecular formula is C24H22N2O3. The van der Waals surface area contributed by atoms with Crippen LogP contribution in [-0.4, -0.2) is 35.0 Å². The second kappa shape index (κ2) is 7.24. The van der Waals surface area contributed by atoms with Crippen LogP contribution in [0, 0.1) is 6.92 Å². The Bertz CT molecular complexity index is 1000. The van der Waals surface area contributed by atoms with E-state index in [-0.39, 0.29) is 17.9 Å². The molecule has 1 fully saturated rings. The largest absolute Gasteiger partial charge is 0.472 e. The summed E-state index contributed by atoms with van der Waals surface area (Å²) in [4.78, 5) is 19.8. The zero-order valence-corrected chi connectivity index (χ0v) is 16.2. The van der Waals surface area contributed by atoms with E-state index in [1.807, 2.05) is 72.5 Å². The van der Waals surface area contributed by atoms with E-state index in [0.717, 1.165) is 34.6 Å². The fraction of sp³-hybridized carbons (Fsp3) is 0.250. The number of carbonyl (C=O) groups excluding carboxylic acids is 1. The summed E-state index contributed by atoms with van der Waals surface area (Å²) >= 11 is 0. The summed E-state index contributed by atoms with van der Waals surface area (Å²) in [5.41, 5.74) is 2.93. The molecular weight excluding hydrogens is 364 g/mol. The molecule has 5 rings (SSSR count). The van der Waals surface area contributed by atoms with Gasteiger partial charge >= 0.3 is 0 Å². The number of ether oxygens (including phenoxy) is 2. The molecule has 2 aliphatic rings. The van der Waals surface area contributed by atoms with Gasteiger partial charge in [-0.15, -0.1) is 0 Å². The Balaban J connectivity index is 1.38. The molecule has 5 nitrogen and oxygen atoms in total. The van der Waals surface area contributed by atoms with Gasteiger partial charge in [0.15, 0.2) is 0 Å². The van der Waals surface area contributed by atoms with Crippen molar-refractivity contribution < 1.29 is 14.3 Å². The highest BCUT2D eigenvalue weighted by molar-refractivity contribution is 5.90. The third-order valence-electron chi connectivity index (χ3n) is 5.56. The van der Waals surface area contributed by atoms with Gasteiger partial charge < -0.3 is 14.4 Å². The van der Waals surface area contributed by atoms with Crippen LogP contribution in [0.2, 0.25) is 0 Å². The van der Waals surface area contributed by atoms with Gasteiger partial charge in [-0.3, -0.25) is 4.79 Å². The summed E-state index contributed by atoms with van der Waals surface area (Å²) in [7, 11) is 0. The molecule has 5 heteroatoms. The highest BCUT2D eigenvalue weighted by Crippen LogP contribution is 2.44. The van der Waals surface area contributed by atoms with Crippen LogP contribution in [0.5, 0.6) is 17.4 Å². The first-order valence-corrected chi connectivity index (χ1v) is 9.93. The lowest BCUT2D eigenvalue weighted by atomic mass is 9.87. The quantitative estimate of drug-likeness (QED) is 0.673. The molecule has 0 bridgehead atoms. The molecule has 0 spiro atoms. The Morgan fingerprint density at radius 2 is 1.72 bits per heavy atom. The molecule has 29 heavy (non-hydrogen) atoms. The van der Waals surface area contributed by atoms with Gasteiger partial charge in [-0.05, 0) is 24.6 Å². The lowest BCUT2D eigenvalue weighted by molar-refractivity contribution is -0.131. The molecule has 1 unspecified atom stereocenters. The topological polar surface area (TPSA) is 51.7 Å². The zero-order valence-electron chi connectivity index (χ0n) is 16.2. The van der Waals surface area contributed by atoms with Crippen molar-refractivity contribution in [3.8, 4) is 17.4 Å². The molecule has 0 radical (unpaired) electrons. The van der Waals surface area contributed by atoms with E-state index < -0.39 is 0 Å². The van der Waals surface area contributed by atoms with Gasteiger partial charge in [0.1, 0.15) is 17.6 Å². The first kappa shape index (κ1) is 17.7. The van der Waals surface area contributed by atoms with Crippen molar-refractivity contribution in [1.82, 2.24) is 9.88 Å². The predicted octanol–water partition coefficient (Wildman–Crippen LogP) is 4.31. The van der Waals surface area contributed by atoms with E-state index >= 15 is 0 Å². The van der Waals surface area contributed by atoms with Crippen molar-refractivity contribution >= 4 is 5.91 Å². The molecule has 2 aromatic carbocycles. The van der Waals surface area contributed by atoms with E-state index in [9.17, 15) is 4.79 Å². The number of hydrogen-bond donors (Lipinski definition) is 0. The molecule has 1 atom stereocenters. The van der Waals surface area contributed by atoms with Crippen molar-refractivity contribution in [3.05, 3.63) is 83.6 Å². The number of aromatic nitrogens is 1. The fourth-order valence-electron chi connectivity index (χ4n) is 4.08. The SMILES string of the molecule is Cc1ccc(OC2CCN(C(=O)C3c4ccccc4Oc4ccccc43)C2)nc1. The van der Waals surface area contributed by atoms with Crippen LogP contribution in [0.3, 0.4) is 0 Å². The minimum absolute atomic E-state index is 0.0421. The summed E-state index contributed by atoms with van der Waals surface area (Å²) in [5, 5.41) is 0. The van der Waals surface area contributed by atoms with Crippen molar-refractivity contribution in [2.24, 2.45) is 0 Å². The first-order chi connectivity index (χ1) is 14.2. The van der Waals surface area contributed by atoms with Gasteiger partial charge in [0.25, 0.3) is 0 Å². The van der Waals surface area contributed by atoms with Gasteiger partial charge in [0.2, 0.25) is 11.8 Å².